The molecule has 0 heterocycles. The number of hydrogen-bond donors (Lipinski definition) is 0. The molecule has 0 bridgehead atoms. The van der Waals surface area contributed by atoms with Crippen molar-refractivity contribution in [2.75, 3.05) is 18.1 Å². The number of hydrogen-bond acceptors (Lipinski definition) is 4. The molecular weight excluding hydrogens is 240 g/mol. The second kappa shape index (κ2) is 9.45. The molecule has 0 radical (unpaired) electrons. The van der Waals surface area contributed by atoms with Crippen molar-refractivity contribution in [3.63, 3.8) is 0 Å². The number of esters is 1. The summed E-state index contributed by atoms with van der Waals surface area (Å²) in [6.45, 7) is 4.16. The van der Waals surface area contributed by atoms with E-state index in [9.17, 15) is 13.2 Å². The van der Waals surface area contributed by atoms with Crippen LogP contribution in [0.3, 0.4) is 0 Å². The number of carbonyl (C=O) groups is 1. The normalized spacial score (nSPS) is 11.4. The lowest BCUT2D eigenvalue weighted by Crippen LogP contribution is -2.11. The van der Waals surface area contributed by atoms with Crippen LogP contribution in [0, 0.1) is 0 Å². The molecule has 0 saturated carbocycles. The lowest BCUT2D eigenvalue weighted by atomic mass is 10.2. The van der Waals surface area contributed by atoms with E-state index in [1.54, 1.807) is 6.92 Å². The fourth-order valence-corrected chi connectivity index (χ4v) is 3.04. The summed E-state index contributed by atoms with van der Waals surface area (Å²) in [4.78, 5) is 11.0. The molecular formula is C12H24O4S. The predicted molar refractivity (Wildman–Crippen MR) is 68.7 cm³/mol. The van der Waals surface area contributed by atoms with Gasteiger partial charge in [-0.2, -0.15) is 0 Å². The maximum atomic E-state index is 11.5. The van der Waals surface area contributed by atoms with Gasteiger partial charge in [0, 0.05) is 6.42 Å². The molecule has 5 heteroatoms. The van der Waals surface area contributed by atoms with Crippen molar-refractivity contribution in [3.05, 3.63) is 0 Å². The van der Waals surface area contributed by atoms with Crippen LogP contribution in [-0.2, 0) is 19.4 Å². The molecule has 0 fully saturated rings. The highest BCUT2D eigenvalue weighted by Crippen LogP contribution is 2.05. The molecule has 0 atom stereocenters. The van der Waals surface area contributed by atoms with Gasteiger partial charge in [-0.05, 0) is 26.2 Å². The van der Waals surface area contributed by atoms with Gasteiger partial charge in [0.1, 0.15) is 9.84 Å². The van der Waals surface area contributed by atoms with E-state index in [0.29, 0.717) is 31.6 Å². The first-order chi connectivity index (χ1) is 8.02. The van der Waals surface area contributed by atoms with Crippen LogP contribution >= 0.6 is 0 Å². The summed E-state index contributed by atoms with van der Waals surface area (Å²) in [5.74, 6) is 0.346. The van der Waals surface area contributed by atoms with Crippen LogP contribution in [0.5, 0.6) is 0 Å². The molecule has 0 rings (SSSR count). The zero-order valence-corrected chi connectivity index (χ0v) is 11.7. The highest BCUT2D eigenvalue weighted by Gasteiger charge is 2.09. The summed E-state index contributed by atoms with van der Waals surface area (Å²) in [7, 11) is -2.87. The SMILES string of the molecule is CCCCS(=O)(=O)CCCCCC(=O)OCC. The van der Waals surface area contributed by atoms with Crippen molar-refractivity contribution in [3.8, 4) is 0 Å². The zero-order chi connectivity index (χ0) is 13.1. The highest BCUT2D eigenvalue weighted by atomic mass is 32.2. The molecule has 0 N–H and O–H groups in total. The fraction of sp³-hybridized carbons (Fsp3) is 0.917. The molecule has 0 unspecified atom stereocenters. The van der Waals surface area contributed by atoms with Crippen molar-refractivity contribution in [2.24, 2.45) is 0 Å². The summed E-state index contributed by atoms with van der Waals surface area (Å²) in [6, 6.07) is 0. The first kappa shape index (κ1) is 16.4. The molecule has 0 saturated heterocycles. The Morgan fingerprint density at radius 3 is 2.24 bits per heavy atom. The van der Waals surface area contributed by atoms with Gasteiger partial charge < -0.3 is 4.74 Å². The monoisotopic (exact) mass is 264 g/mol. The number of rotatable bonds is 10. The van der Waals surface area contributed by atoms with Crippen LogP contribution in [0.1, 0.15) is 52.4 Å². The quantitative estimate of drug-likeness (QED) is 0.449. The van der Waals surface area contributed by atoms with Crippen LogP contribution in [0.15, 0.2) is 0 Å². The van der Waals surface area contributed by atoms with Crippen molar-refractivity contribution in [2.45, 2.75) is 52.4 Å². The smallest absolute Gasteiger partial charge is 0.305 e. The van der Waals surface area contributed by atoms with Gasteiger partial charge in [0.15, 0.2) is 0 Å². The topological polar surface area (TPSA) is 60.4 Å². The van der Waals surface area contributed by atoms with Crippen molar-refractivity contribution >= 4 is 15.8 Å². The molecule has 0 aliphatic heterocycles. The predicted octanol–water partition coefficient (Wildman–Crippen LogP) is 2.32. The molecule has 17 heavy (non-hydrogen) atoms. The average Bonchev–Trinajstić information content (AvgIpc) is 2.26. The summed E-state index contributed by atoms with van der Waals surface area (Å²) in [5.41, 5.74) is 0. The van der Waals surface area contributed by atoms with E-state index >= 15 is 0 Å². The minimum atomic E-state index is -2.87. The van der Waals surface area contributed by atoms with Gasteiger partial charge in [0.25, 0.3) is 0 Å². The minimum absolute atomic E-state index is 0.193. The standard InChI is InChI=1S/C12H24O4S/c1-3-5-10-17(14,15)11-8-6-7-9-12(13)16-4-2/h3-11H2,1-2H3. The molecule has 4 nitrogen and oxygen atoms in total. The van der Waals surface area contributed by atoms with Gasteiger partial charge in [-0.15, -0.1) is 0 Å². The summed E-state index contributed by atoms with van der Waals surface area (Å²) >= 11 is 0. The maximum absolute atomic E-state index is 11.5. The number of carbonyl (C=O) groups excluding carboxylic acids is 1. The van der Waals surface area contributed by atoms with Gasteiger partial charge in [-0.25, -0.2) is 8.42 Å². The summed E-state index contributed by atoms with van der Waals surface area (Å²) in [6.07, 6.45) is 4.16. The number of sulfone groups is 1. The Morgan fingerprint density at radius 2 is 1.65 bits per heavy atom. The fourth-order valence-electron chi connectivity index (χ4n) is 1.47. The first-order valence-electron chi connectivity index (χ1n) is 6.38. The Hall–Kier alpha value is -0.580. The van der Waals surface area contributed by atoms with E-state index in [2.05, 4.69) is 0 Å². The second-order valence-electron chi connectivity index (χ2n) is 4.12. The van der Waals surface area contributed by atoms with Gasteiger partial charge >= 0.3 is 5.97 Å². The van der Waals surface area contributed by atoms with Gasteiger partial charge in [-0.1, -0.05) is 19.8 Å². The Morgan fingerprint density at radius 1 is 1.00 bits per heavy atom. The maximum Gasteiger partial charge on any atom is 0.305 e. The molecule has 0 aliphatic rings. The third kappa shape index (κ3) is 10.3. The molecule has 0 aromatic carbocycles. The molecule has 0 aromatic rings. The lowest BCUT2D eigenvalue weighted by Gasteiger charge is -2.03. The van der Waals surface area contributed by atoms with Gasteiger partial charge in [0.05, 0.1) is 18.1 Å². The Bertz CT molecular complexity index is 296. The largest absolute Gasteiger partial charge is 0.466 e. The van der Waals surface area contributed by atoms with Crippen molar-refractivity contribution < 1.29 is 17.9 Å². The molecule has 102 valence electrons. The average molecular weight is 264 g/mol. The van der Waals surface area contributed by atoms with Gasteiger partial charge in [0.2, 0.25) is 0 Å². The van der Waals surface area contributed by atoms with Crippen LogP contribution in [-0.4, -0.2) is 32.5 Å². The first-order valence-corrected chi connectivity index (χ1v) is 8.20. The van der Waals surface area contributed by atoms with Crippen LogP contribution in [0.4, 0.5) is 0 Å². The lowest BCUT2D eigenvalue weighted by molar-refractivity contribution is -0.143. The van der Waals surface area contributed by atoms with E-state index in [1.165, 1.54) is 0 Å². The summed E-state index contributed by atoms with van der Waals surface area (Å²) in [5, 5.41) is 0. The molecule has 0 amide bonds. The third-order valence-corrected chi connectivity index (χ3v) is 4.27. The van der Waals surface area contributed by atoms with Crippen LogP contribution < -0.4 is 0 Å². The number of ether oxygens (including phenoxy) is 1. The number of unbranched alkanes of at least 4 members (excludes halogenated alkanes) is 3. The van der Waals surface area contributed by atoms with Crippen molar-refractivity contribution in [1.29, 1.82) is 0 Å². The second-order valence-corrected chi connectivity index (χ2v) is 6.42. The summed E-state index contributed by atoms with van der Waals surface area (Å²) < 4.78 is 27.8. The van der Waals surface area contributed by atoms with Crippen LogP contribution in [0.2, 0.25) is 0 Å². The molecule has 0 aliphatic carbocycles. The zero-order valence-electron chi connectivity index (χ0n) is 10.9. The van der Waals surface area contributed by atoms with E-state index in [-0.39, 0.29) is 11.7 Å². The minimum Gasteiger partial charge on any atom is -0.466 e. The highest BCUT2D eigenvalue weighted by molar-refractivity contribution is 7.91. The van der Waals surface area contributed by atoms with E-state index in [0.717, 1.165) is 19.3 Å². The van der Waals surface area contributed by atoms with E-state index in [1.807, 2.05) is 6.92 Å². The Kier molecular flexibility index (Phi) is 9.13. The van der Waals surface area contributed by atoms with E-state index in [4.69, 9.17) is 4.74 Å². The van der Waals surface area contributed by atoms with E-state index < -0.39 is 9.84 Å². The van der Waals surface area contributed by atoms with Crippen molar-refractivity contribution in [1.82, 2.24) is 0 Å². The molecule has 0 spiro atoms. The Labute approximate surface area is 105 Å². The third-order valence-electron chi connectivity index (χ3n) is 2.45. The van der Waals surface area contributed by atoms with Crippen LogP contribution in [0.25, 0.3) is 0 Å². The van der Waals surface area contributed by atoms with Gasteiger partial charge in [-0.3, -0.25) is 4.79 Å². The molecule has 0 aromatic heterocycles. The Balaban J connectivity index is 3.54.